The molecule has 190 valence electrons. The zero-order valence-corrected chi connectivity index (χ0v) is 21.4. The molecule has 3 aromatic carbocycles. The van der Waals surface area contributed by atoms with Crippen LogP contribution in [-0.4, -0.2) is 38.2 Å². The van der Waals surface area contributed by atoms with E-state index in [4.69, 9.17) is 18.6 Å². The van der Waals surface area contributed by atoms with Crippen molar-refractivity contribution in [3.8, 4) is 17.2 Å². The number of aryl methyl sites for hydroxylation is 2. The van der Waals surface area contributed by atoms with Crippen molar-refractivity contribution >= 4 is 16.9 Å². The zero-order valence-electron chi connectivity index (χ0n) is 21.4. The summed E-state index contributed by atoms with van der Waals surface area (Å²) in [5.41, 5.74) is 4.76. The number of fused-ring (bicyclic) bond motifs is 2. The van der Waals surface area contributed by atoms with Crippen molar-refractivity contribution in [2.24, 2.45) is 0 Å². The topological polar surface area (TPSA) is 78.2 Å². The summed E-state index contributed by atoms with van der Waals surface area (Å²) in [6, 6.07) is 17.8. The predicted octanol–water partition coefficient (Wildman–Crippen LogP) is 5.25. The number of carbonyl (C=O) groups excluding carboxylic acids is 1. The molecule has 1 amide bonds. The van der Waals surface area contributed by atoms with Crippen molar-refractivity contribution < 1.29 is 23.4 Å². The third-order valence-electron chi connectivity index (χ3n) is 7.03. The van der Waals surface area contributed by atoms with Crippen LogP contribution in [0.5, 0.6) is 17.2 Å². The van der Waals surface area contributed by atoms with Gasteiger partial charge in [-0.05, 0) is 78.9 Å². The van der Waals surface area contributed by atoms with Gasteiger partial charge in [-0.2, -0.15) is 0 Å². The van der Waals surface area contributed by atoms with Crippen LogP contribution in [0.4, 0.5) is 0 Å². The van der Waals surface area contributed by atoms with Gasteiger partial charge < -0.3 is 23.5 Å². The Kier molecular flexibility index (Phi) is 6.61. The van der Waals surface area contributed by atoms with E-state index in [1.165, 1.54) is 6.07 Å². The molecule has 1 aliphatic rings. The van der Waals surface area contributed by atoms with Crippen LogP contribution in [0.3, 0.4) is 0 Å². The second kappa shape index (κ2) is 10.0. The first-order valence-electron chi connectivity index (χ1n) is 12.2. The van der Waals surface area contributed by atoms with Crippen LogP contribution < -0.4 is 19.8 Å². The lowest BCUT2D eigenvalue weighted by Gasteiger charge is -2.37. The Morgan fingerprint density at radius 2 is 1.70 bits per heavy atom. The van der Waals surface area contributed by atoms with E-state index >= 15 is 0 Å². The minimum absolute atomic E-state index is 0.0745. The molecule has 0 aliphatic carbocycles. The lowest BCUT2D eigenvalue weighted by Crippen LogP contribution is -2.42. The molecule has 0 saturated carbocycles. The lowest BCUT2D eigenvalue weighted by atomic mass is 9.91. The molecule has 0 saturated heterocycles. The molecule has 4 aromatic rings. The first-order valence-corrected chi connectivity index (χ1v) is 12.2. The van der Waals surface area contributed by atoms with Crippen LogP contribution in [0.15, 0.2) is 69.9 Å². The molecule has 0 spiro atoms. The number of carbonyl (C=O) groups is 1. The van der Waals surface area contributed by atoms with Gasteiger partial charge in [-0.3, -0.25) is 4.79 Å². The van der Waals surface area contributed by atoms with E-state index in [0.717, 1.165) is 22.3 Å². The third kappa shape index (κ3) is 4.65. The highest BCUT2D eigenvalue weighted by Crippen LogP contribution is 2.39. The molecule has 1 atom stereocenters. The fraction of sp³-hybridized carbons (Fsp3) is 0.267. The van der Waals surface area contributed by atoms with Gasteiger partial charge in [0.25, 0.3) is 5.91 Å². The number of nitrogens with zero attached hydrogens (tertiary/aromatic N) is 1. The molecule has 2 heterocycles. The second-order valence-corrected chi connectivity index (χ2v) is 9.21. The maximum atomic E-state index is 13.8. The molecule has 37 heavy (non-hydrogen) atoms. The molecule has 7 heteroatoms. The van der Waals surface area contributed by atoms with Gasteiger partial charge in [0.15, 0.2) is 11.5 Å². The van der Waals surface area contributed by atoms with Gasteiger partial charge in [-0.1, -0.05) is 18.2 Å². The highest BCUT2D eigenvalue weighted by atomic mass is 16.5. The Labute approximate surface area is 215 Å². The Morgan fingerprint density at radius 1 is 0.946 bits per heavy atom. The number of hydrogen-bond acceptors (Lipinski definition) is 6. The zero-order chi connectivity index (χ0) is 26.1. The number of methoxy groups -OCH3 is 2. The molecule has 1 aromatic heterocycles. The van der Waals surface area contributed by atoms with E-state index in [1.807, 2.05) is 61.2 Å². The van der Waals surface area contributed by atoms with Gasteiger partial charge in [-0.25, -0.2) is 4.79 Å². The van der Waals surface area contributed by atoms with Crippen molar-refractivity contribution in [1.29, 1.82) is 0 Å². The summed E-state index contributed by atoms with van der Waals surface area (Å²) in [4.78, 5) is 27.8. The van der Waals surface area contributed by atoms with Gasteiger partial charge in [0.05, 0.1) is 31.7 Å². The highest BCUT2D eigenvalue weighted by Gasteiger charge is 2.33. The minimum Gasteiger partial charge on any atom is -0.493 e. The molecule has 0 fully saturated rings. The first kappa shape index (κ1) is 24.4. The minimum atomic E-state index is -0.493. The van der Waals surface area contributed by atoms with E-state index in [-0.39, 0.29) is 12.5 Å². The fourth-order valence-corrected chi connectivity index (χ4v) is 4.86. The van der Waals surface area contributed by atoms with Gasteiger partial charge in [0.2, 0.25) is 0 Å². The summed E-state index contributed by atoms with van der Waals surface area (Å²) in [6.07, 6.45) is 0.667. The molecule has 7 nitrogen and oxygen atoms in total. The van der Waals surface area contributed by atoms with Crippen LogP contribution in [0.2, 0.25) is 0 Å². The number of benzene rings is 3. The van der Waals surface area contributed by atoms with Crippen LogP contribution in [-0.2, 0) is 6.42 Å². The SMILES string of the molecule is COc1cc2c(cc1OC)C(COc1cc(=O)oc3ccccc13)N(C(=O)c1ccc(C)c(C)c1)CC2. The predicted molar refractivity (Wildman–Crippen MR) is 141 cm³/mol. The summed E-state index contributed by atoms with van der Waals surface area (Å²) < 4.78 is 22.7. The Balaban J connectivity index is 1.56. The maximum absolute atomic E-state index is 13.8. The lowest BCUT2D eigenvalue weighted by molar-refractivity contribution is 0.0590. The standard InChI is InChI=1S/C30H29NO6/c1-18-9-10-21(13-19(18)2)30(33)31-12-11-20-14-27(34-3)28(35-4)15-23(20)24(31)17-36-26-16-29(32)37-25-8-6-5-7-22(25)26/h5-10,13-16,24H,11-12,17H2,1-4H3. The van der Waals surface area contributed by atoms with E-state index in [1.54, 1.807) is 26.4 Å². The van der Waals surface area contributed by atoms with E-state index < -0.39 is 11.7 Å². The van der Waals surface area contributed by atoms with Gasteiger partial charge in [0.1, 0.15) is 17.9 Å². The summed E-state index contributed by atoms with van der Waals surface area (Å²) >= 11 is 0. The first-order chi connectivity index (χ1) is 17.9. The molecule has 5 rings (SSSR count). The number of para-hydroxylation sites is 1. The quantitative estimate of drug-likeness (QED) is 0.338. The molecule has 1 unspecified atom stereocenters. The number of ether oxygens (including phenoxy) is 3. The molecular formula is C30H29NO6. The molecule has 1 aliphatic heterocycles. The number of rotatable bonds is 6. The average molecular weight is 500 g/mol. The second-order valence-electron chi connectivity index (χ2n) is 9.21. The average Bonchev–Trinajstić information content (AvgIpc) is 2.91. The van der Waals surface area contributed by atoms with E-state index in [0.29, 0.717) is 46.7 Å². The number of hydrogen-bond donors (Lipinski definition) is 0. The molecule has 0 bridgehead atoms. The summed E-state index contributed by atoms with van der Waals surface area (Å²) in [6.45, 7) is 4.69. The molecular weight excluding hydrogens is 470 g/mol. The Hall–Kier alpha value is -4.26. The van der Waals surface area contributed by atoms with Crippen LogP contribution in [0.1, 0.15) is 38.7 Å². The Bertz CT molecular complexity index is 1540. The van der Waals surface area contributed by atoms with Crippen molar-refractivity contribution in [2.75, 3.05) is 27.4 Å². The van der Waals surface area contributed by atoms with Crippen molar-refractivity contribution in [3.63, 3.8) is 0 Å². The third-order valence-corrected chi connectivity index (χ3v) is 7.03. The number of amides is 1. The Morgan fingerprint density at radius 3 is 2.46 bits per heavy atom. The van der Waals surface area contributed by atoms with Crippen LogP contribution in [0, 0.1) is 13.8 Å². The summed E-state index contributed by atoms with van der Waals surface area (Å²) in [5.74, 6) is 1.56. The van der Waals surface area contributed by atoms with Crippen molar-refractivity contribution in [1.82, 2.24) is 4.90 Å². The van der Waals surface area contributed by atoms with Crippen LogP contribution >= 0.6 is 0 Å². The maximum Gasteiger partial charge on any atom is 0.339 e. The van der Waals surface area contributed by atoms with E-state index in [2.05, 4.69) is 0 Å². The highest BCUT2D eigenvalue weighted by molar-refractivity contribution is 5.95. The van der Waals surface area contributed by atoms with Gasteiger partial charge >= 0.3 is 5.63 Å². The smallest absolute Gasteiger partial charge is 0.339 e. The summed E-state index contributed by atoms with van der Waals surface area (Å²) in [7, 11) is 3.20. The van der Waals surface area contributed by atoms with Crippen LogP contribution in [0.25, 0.3) is 11.0 Å². The summed E-state index contributed by atoms with van der Waals surface area (Å²) in [5, 5.41) is 0.692. The van der Waals surface area contributed by atoms with Gasteiger partial charge in [0, 0.05) is 12.1 Å². The normalized spacial score (nSPS) is 14.8. The van der Waals surface area contributed by atoms with E-state index in [9.17, 15) is 9.59 Å². The van der Waals surface area contributed by atoms with Gasteiger partial charge in [-0.15, -0.1) is 0 Å². The van der Waals surface area contributed by atoms with Crippen molar-refractivity contribution in [3.05, 3.63) is 98.9 Å². The monoisotopic (exact) mass is 499 g/mol. The van der Waals surface area contributed by atoms with Crippen molar-refractivity contribution in [2.45, 2.75) is 26.3 Å². The fourth-order valence-electron chi connectivity index (χ4n) is 4.86. The molecule has 0 N–H and O–H groups in total. The molecule has 0 radical (unpaired) electrons. The largest absolute Gasteiger partial charge is 0.493 e.